The van der Waals surface area contributed by atoms with Gasteiger partial charge in [0.25, 0.3) is 0 Å². The number of alkyl halides is 3. The summed E-state index contributed by atoms with van der Waals surface area (Å²) in [5, 5.41) is 0. The number of aromatic nitrogens is 1. The van der Waals surface area contributed by atoms with E-state index in [2.05, 4.69) is 4.42 Å². The number of fused-ring (bicyclic) bond motifs is 1. The lowest BCUT2D eigenvalue weighted by molar-refractivity contribution is -0.140. The van der Waals surface area contributed by atoms with Crippen molar-refractivity contribution in [3.8, 4) is 0 Å². The van der Waals surface area contributed by atoms with Gasteiger partial charge in [-0.25, -0.2) is 4.79 Å². The second-order valence-electron chi connectivity index (χ2n) is 3.30. The maximum Gasteiger partial charge on any atom is 0.420 e. The zero-order chi connectivity index (χ0) is 11.9. The molecule has 1 heterocycles. The quantitative estimate of drug-likeness (QED) is 0.762. The van der Waals surface area contributed by atoms with E-state index < -0.39 is 18.5 Å². The Morgan fingerprint density at radius 2 is 2.06 bits per heavy atom. The molecule has 0 bridgehead atoms. The number of nitrogens with zero attached hydrogens (tertiary/aromatic N) is 1. The lowest BCUT2D eigenvalue weighted by atomic mass is 10.3. The van der Waals surface area contributed by atoms with Crippen LogP contribution >= 0.6 is 0 Å². The first-order valence-electron chi connectivity index (χ1n) is 4.32. The van der Waals surface area contributed by atoms with Crippen LogP contribution in [0.1, 0.15) is 0 Å². The third-order valence-corrected chi connectivity index (χ3v) is 2.03. The Kier molecular flexibility index (Phi) is 2.18. The van der Waals surface area contributed by atoms with Gasteiger partial charge in [0.2, 0.25) is 0 Å². The molecule has 4 nitrogen and oxygen atoms in total. The molecule has 0 fully saturated rings. The molecule has 0 aliphatic heterocycles. The molecule has 0 spiro atoms. The fraction of sp³-hybridized carbons (Fsp3) is 0.222. The third kappa shape index (κ3) is 1.88. The largest absolute Gasteiger partial charge is 0.420 e. The number of rotatable bonds is 1. The van der Waals surface area contributed by atoms with Gasteiger partial charge in [0.1, 0.15) is 6.54 Å². The van der Waals surface area contributed by atoms with Gasteiger partial charge in [0, 0.05) is 11.8 Å². The molecule has 2 N–H and O–H groups in total. The molecule has 0 saturated heterocycles. The molecule has 0 aliphatic rings. The molecular weight excluding hydrogens is 225 g/mol. The Morgan fingerprint density at radius 1 is 1.38 bits per heavy atom. The summed E-state index contributed by atoms with van der Waals surface area (Å²) in [7, 11) is 0. The summed E-state index contributed by atoms with van der Waals surface area (Å²) in [6.45, 7) is -1.37. The zero-order valence-corrected chi connectivity index (χ0v) is 7.91. The molecule has 16 heavy (non-hydrogen) atoms. The predicted molar refractivity (Wildman–Crippen MR) is 50.9 cm³/mol. The van der Waals surface area contributed by atoms with Crippen molar-refractivity contribution < 1.29 is 17.6 Å². The van der Waals surface area contributed by atoms with Crippen molar-refractivity contribution in [3.63, 3.8) is 0 Å². The Hall–Kier alpha value is -1.92. The van der Waals surface area contributed by atoms with Gasteiger partial charge in [-0.3, -0.25) is 4.57 Å². The standard InChI is InChI=1S/C9H7F3N2O2/c10-9(11,12)4-14-6-2-1-5(13)3-7(6)16-8(14)15/h1-3H,4,13H2. The first-order chi connectivity index (χ1) is 7.37. The van der Waals surface area contributed by atoms with Gasteiger partial charge in [-0.15, -0.1) is 0 Å². The van der Waals surface area contributed by atoms with Gasteiger partial charge in [0.05, 0.1) is 5.52 Å². The van der Waals surface area contributed by atoms with Crippen LogP contribution in [0.5, 0.6) is 0 Å². The maximum absolute atomic E-state index is 12.2. The zero-order valence-electron chi connectivity index (χ0n) is 7.91. The van der Waals surface area contributed by atoms with E-state index in [9.17, 15) is 18.0 Å². The number of oxazole rings is 1. The summed E-state index contributed by atoms with van der Waals surface area (Å²) in [5.41, 5.74) is 5.87. The number of hydrogen-bond acceptors (Lipinski definition) is 3. The normalized spacial score (nSPS) is 12.2. The average Bonchev–Trinajstić information content (AvgIpc) is 2.40. The second kappa shape index (κ2) is 3.29. The molecule has 0 unspecified atom stereocenters. The van der Waals surface area contributed by atoms with Crippen LogP contribution in [-0.2, 0) is 6.54 Å². The first-order valence-corrected chi connectivity index (χ1v) is 4.32. The summed E-state index contributed by atoms with van der Waals surface area (Å²) >= 11 is 0. The minimum absolute atomic E-state index is 0.0502. The van der Waals surface area contributed by atoms with Crippen LogP contribution in [0.4, 0.5) is 18.9 Å². The SMILES string of the molecule is Nc1ccc2c(c1)oc(=O)n2CC(F)(F)F. The van der Waals surface area contributed by atoms with Crippen LogP contribution in [0, 0.1) is 0 Å². The number of anilines is 1. The smallest absolute Gasteiger partial charge is 0.408 e. The van der Waals surface area contributed by atoms with Crippen molar-refractivity contribution in [1.82, 2.24) is 4.57 Å². The average molecular weight is 232 g/mol. The molecule has 1 aromatic carbocycles. The topological polar surface area (TPSA) is 61.2 Å². The van der Waals surface area contributed by atoms with E-state index in [0.717, 1.165) is 0 Å². The number of benzene rings is 1. The van der Waals surface area contributed by atoms with Crippen LogP contribution in [0.3, 0.4) is 0 Å². The Balaban J connectivity index is 2.61. The van der Waals surface area contributed by atoms with E-state index in [0.29, 0.717) is 10.3 Å². The Morgan fingerprint density at radius 3 is 2.69 bits per heavy atom. The van der Waals surface area contributed by atoms with Crippen molar-refractivity contribution in [1.29, 1.82) is 0 Å². The minimum Gasteiger partial charge on any atom is -0.408 e. The summed E-state index contributed by atoms with van der Waals surface area (Å²) in [6, 6.07) is 4.04. The van der Waals surface area contributed by atoms with E-state index >= 15 is 0 Å². The molecule has 7 heteroatoms. The number of halogens is 3. The van der Waals surface area contributed by atoms with Gasteiger partial charge in [0.15, 0.2) is 5.58 Å². The van der Waals surface area contributed by atoms with Gasteiger partial charge in [-0.05, 0) is 12.1 Å². The highest BCUT2D eigenvalue weighted by Crippen LogP contribution is 2.21. The van der Waals surface area contributed by atoms with Crippen molar-refractivity contribution in [3.05, 3.63) is 28.7 Å². The fourth-order valence-electron chi connectivity index (χ4n) is 1.41. The molecule has 86 valence electrons. The highest BCUT2D eigenvalue weighted by atomic mass is 19.4. The fourth-order valence-corrected chi connectivity index (χ4v) is 1.41. The van der Waals surface area contributed by atoms with Crippen LogP contribution in [-0.4, -0.2) is 10.7 Å². The van der Waals surface area contributed by atoms with Gasteiger partial charge >= 0.3 is 11.9 Å². The van der Waals surface area contributed by atoms with Crippen molar-refractivity contribution >= 4 is 16.8 Å². The van der Waals surface area contributed by atoms with Crippen LogP contribution < -0.4 is 11.5 Å². The molecule has 1 aromatic heterocycles. The van der Waals surface area contributed by atoms with Crippen molar-refractivity contribution in [2.45, 2.75) is 12.7 Å². The third-order valence-electron chi connectivity index (χ3n) is 2.03. The molecular formula is C9H7F3N2O2. The molecule has 0 saturated carbocycles. The molecule has 0 aliphatic carbocycles. The molecule has 0 radical (unpaired) electrons. The summed E-state index contributed by atoms with van der Waals surface area (Å²) in [4.78, 5) is 11.2. The number of nitrogen functional groups attached to an aromatic ring is 1. The first kappa shape index (κ1) is 10.6. The van der Waals surface area contributed by atoms with E-state index in [1.165, 1.54) is 18.2 Å². The summed E-state index contributed by atoms with van der Waals surface area (Å²) < 4.78 is 41.7. The monoisotopic (exact) mass is 232 g/mol. The van der Waals surface area contributed by atoms with Crippen LogP contribution in [0.25, 0.3) is 11.1 Å². The summed E-state index contributed by atoms with van der Waals surface area (Å²) in [6.07, 6.45) is -4.47. The minimum atomic E-state index is -4.47. The van der Waals surface area contributed by atoms with E-state index in [1.54, 1.807) is 0 Å². The van der Waals surface area contributed by atoms with Gasteiger partial charge < -0.3 is 10.2 Å². The molecule has 2 aromatic rings. The molecule has 0 amide bonds. The van der Waals surface area contributed by atoms with Crippen molar-refractivity contribution in [2.24, 2.45) is 0 Å². The number of hydrogen-bond donors (Lipinski definition) is 1. The molecule has 2 rings (SSSR count). The van der Waals surface area contributed by atoms with E-state index in [-0.39, 0.29) is 11.1 Å². The van der Waals surface area contributed by atoms with Crippen molar-refractivity contribution in [2.75, 3.05) is 5.73 Å². The number of nitrogens with two attached hydrogens (primary N) is 1. The highest BCUT2D eigenvalue weighted by Gasteiger charge is 2.30. The predicted octanol–water partition coefficient (Wildman–Crippen LogP) is 1.74. The molecule has 0 atom stereocenters. The van der Waals surface area contributed by atoms with E-state index in [1.807, 2.05) is 0 Å². The highest BCUT2D eigenvalue weighted by molar-refractivity contribution is 5.76. The Labute approximate surface area is 87.1 Å². The van der Waals surface area contributed by atoms with Gasteiger partial charge in [-0.1, -0.05) is 0 Å². The van der Waals surface area contributed by atoms with Gasteiger partial charge in [-0.2, -0.15) is 13.2 Å². The lowest BCUT2D eigenvalue weighted by Gasteiger charge is -2.05. The van der Waals surface area contributed by atoms with E-state index in [4.69, 9.17) is 5.73 Å². The van der Waals surface area contributed by atoms with Crippen LogP contribution in [0.15, 0.2) is 27.4 Å². The summed E-state index contributed by atoms with van der Waals surface area (Å²) in [5.74, 6) is -1.04. The van der Waals surface area contributed by atoms with Crippen LogP contribution in [0.2, 0.25) is 0 Å². The maximum atomic E-state index is 12.2. The Bertz CT molecular complexity index is 582. The lowest BCUT2D eigenvalue weighted by Crippen LogP contribution is -2.24. The second-order valence-corrected chi connectivity index (χ2v) is 3.30.